The largest absolute Gasteiger partial charge is 0.493 e. The molecule has 1 aliphatic rings. The molecular formula is C21H31FN2O3. The van der Waals surface area contributed by atoms with Crippen molar-refractivity contribution in [1.82, 2.24) is 10.2 Å². The number of likely N-dealkylation sites (N-methyl/N-ethyl adjacent to an activating group) is 1. The summed E-state index contributed by atoms with van der Waals surface area (Å²) in [5.41, 5.74) is -0.759. The Morgan fingerprint density at radius 3 is 2.52 bits per heavy atom. The van der Waals surface area contributed by atoms with Crippen molar-refractivity contribution >= 4 is 11.8 Å². The van der Waals surface area contributed by atoms with Crippen LogP contribution in [0.5, 0.6) is 5.75 Å². The van der Waals surface area contributed by atoms with Gasteiger partial charge in [0.25, 0.3) is 0 Å². The van der Waals surface area contributed by atoms with Crippen molar-refractivity contribution in [2.24, 2.45) is 0 Å². The van der Waals surface area contributed by atoms with Crippen molar-refractivity contribution in [3.63, 3.8) is 0 Å². The van der Waals surface area contributed by atoms with Gasteiger partial charge in [0.15, 0.2) is 0 Å². The third kappa shape index (κ3) is 5.94. The molecule has 6 heteroatoms. The molecule has 0 atom stereocenters. The van der Waals surface area contributed by atoms with Gasteiger partial charge in [0.05, 0.1) is 6.61 Å². The SMILES string of the molecule is CCN(CC)C(=O)C1(NC(=O)CCCOc2cccc(F)c2)CCCCC1. The Morgan fingerprint density at radius 2 is 1.89 bits per heavy atom. The Morgan fingerprint density at radius 1 is 1.19 bits per heavy atom. The minimum absolute atomic E-state index is 0.0385. The summed E-state index contributed by atoms with van der Waals surface area (Å²) < 4.78 is 18.6. The zero-order valence-corrected chi connectivity index (χ0v) is 16.4. The van der Waals surface area contributed by atoms with Gasteiger partial charge in [-0.05, 0) is 45.2 Å². The summed E-state index contributed by atoms with van der Waals surface area (Å²) in [5, 5.41) is 3.04. The Balaban J connectivity index is 1.87. The second-order valence-electron chi connectivity index (χ2n) is 7.08. The van der Waals surface area contributed by atoms with Crippen LogP contribution < -0.4 is 10.1 Å². The Labute approximate surface area is 161 Å². The molecule has 1 saturated carbocycles. The first-order valence-electron chi connectivity index (χ1n) is 9.99. The first kappa shape index (κ1) is 21.2. The monoisotopic (exact) mass is 378 g/mol. The number of ether oxygens (including phenoxy) is 1. The van der Waals surface area contributed by atoms with Gasteiger partial charge in [-0.3, -0.25) is 9.59 Å². The highest BCUT2D eigenvalue weighted by molar-refractivity contribution is 5.91. The second kappa shape index (κ2) is 10.3. The van der Waals surface area contributed by atoms with E-state index in [-0.39, 0.29) is 24.1 Å². The molecule has 1 aromatic carbocycles. The molecule has 27 heavy (non-hydrogen) atoms. The van der Waals surface area contributed by atoms with E-state index in [1.54, 1.807) is 17.0 Å². The number of hydrogen-bond acceptors (Lipinski definition) is 3. The fourth-order valence-corrected chi connectivity index (χ4v) is 3.67. The predicted octanol–water partition coefficient (Wildman–Crippen LogP) is 3.67. The lowest BCUT2D eigenvalue weighted by Crippen LogP contribution is -2.60. The minimum atomic E-state index is -0.759. The van der Waals surface area contributed by atoms with Gasteiger partial charge in [-0.2, -0.15) is 0 Å². The molecule has 1 aromatic rings. The van der Waals surface area contributed by atoms with Crippen molar-refractivity contribution in [1.29, 1.82) is 0 Å². The van der Waals surface area contributed by atoms with Crippen LogP contribution in [0, 0.1) is 5.82 Å². The van der Waals surface area contributed by atoms with Crippen LogP contribution in [-0.4, -0.2) is 41.9 Å². The van der Waals surface area contributed by atoms with Crippen LogP contribution in [0.15, 0.2) is 24.3 Å². The number of rotatable bonds is 9. The van der Waals surface area contributed by atoms with Gasteiger partial charge in [-0.15, -0.1) is 0 Å². The molecule has 2 rings (SSSR count). The summed E-state index contributed by atoms with van der Waals surface area (Å²) in [7, 11) is 0. The fraction of sp³-hybridized carbons (Fsp3) is 0.619. The van der Waals surface area contributed by atoms with Crippen molar-refractivity contribution in [3.8, 4) is 5.75 Å². The van der Waals surface area contributed by atoms with Crippen LogP contribution in [0.25, 0.3) is 0 Å². The summed E-state index contributed by atoms with van der Waals surface area (Å²) in [6, 6.07) is 5.95. The van der Waals surface area contributed by atoms with Gasteiger partial charge in [0.2, 0.25) is 11.8 Å². The van der Waals surface area contributed by atoms with Crippen molar-refractivity contribution in [3.05, 3.63) is 30.1 Å². The molecule has 0 saturated heterocycles. The first-order chi connectivity index (χ1) is 13.0. The number of carbonyl (C=O) groups is 2. The normalized spacial score (nSPS) is 15.8. The molecule has 0 bridgehead atoms. The Bertz CT molecular complexity index is 626. The molecule has 0 radical (unpaired) electrons. The number of halogens is 1. The van der Waals surface area contributed by atoms with Crippen LogP contribution in [0.2, 0.25) is 0 Å². The lowest BCUT2D eigenvalue weighted by Gasteiger charge is -2.40. The molecule has 0 heterocycles. The van der Waals surface area contributed by atoms with Gasteiger partial charge in [-0.1, -0.05) is 25.3 Å². The predicted molar refractivity (Wildman–Crippen MR) is 103 cm³/mol. The number of carbonyl (C=O) groups excluding carboxylic acids is 2. The molecule has 2 amide bonds. The van der Waals surface area contributed by atoms with Crippen LogP contribution in [0.4, 0.5) is 4.39 Å². The highest BCUT2D eigenvalue weighted by Crippen LogP contribution is 2.30. The molecule has 1 aliphatic carbocycles. The van der Waals surface area contributed by atoms with Crippen LogP contribution in [0.1, 0.15) is 58.8 Å². The van der Waals surface area contributed by atoms with Gasteiger partial charge in [0.1, 0.15) is 17.1 Å². The van der Waals surface area contributed by atoms with Crippen LogP contribution in [-0.2, 0) is 9.59 Å². The van der Waals surface area contributed by atoms with Crippen molar-refractivity contribution in [2.75, 3.05) is 19.7 Å². The maximum atomic E-state index is 13.1. The summed E-state index contributed by atoms with van der Waals surface area (Å²) >= 11 is 0. The molecule has 1 N–H and O–H groups in total. The highest BCUT2D eigenvalue weighted by atomic mass is 19.1. The van der Waals surface area contributed by atoms with E-state index in [0.29, 0.717) is 44.7 Å². The van der Waals surface area contributed by atoms with Gasteiger partial charge < -0.3 is 15.0 Å². The third-order valence-corrected chi connectivity index (χ3v) is 5.16. The summed E-state index contributed by atoms with van der Waals surface area (Å²) in [6.45, 7) is 5.55. The Kier molecular flexibility index (Phi) is 8.07. The lowest BCUT2D eigenvalue weighted by atomic mass is 9.80. The lowest BCUT2D eigenvalue weighted by molar-refractivity contribution is -0.143. The molecule has 150 valence electrons. The number of benzene rings is 1. The molecule has 0 spiro atoms. The quantitative estimate of drug-likeness (QED) is 0.667. The van der Waals surface area contributed by atoms with E-state index in [1.807, 2.05) is 13.8 Å². The molecule has 5 nitrogen and oxygen atoms in total. The number of nitrogens with one attached hydrogen (secondary N) is 1. The maximum Gasteiger partial charge on any atom is 0.248 e. The number of hydrogen-bond donors (Lipinski definition) is 1. The van der Waals surface area contributed by atoms with Gasteiger partial charge in [0, 0.05) is 25.6 Å². The number of nitrogens with zero attached hydrogens (tertiary/aromatic N) is 1. The smallest absolute Gasteiger partial charge is 0.248 e. The maximum absolute atomic E-state index is 13.1. The van der Waals surface area contributed by atoms with Crippen LogP contribution in [0.3, 0.4) is 0 Å². The van der Waals surface area contributed by atoms with E-state index < -0.39 is 5.54 Å². The number of amides is 2. The zero-order valence-electron chi connectivity index (χ0n) is 16.4. The molecule has 0 aromatic heterocycles. The fourth-order valence-electron chi connectivity index (χ4n) is 3.67. The van der Waals surface area contributed by atoms with Crippen molar-refractivity contribution < 1.29 is 18.7 Å². The second-order valence-corrected chi connectivity index (χ2v) is 7.08. The molecular weight excluding hydrogens is 347 g/mol. The molecule has 0 aliphatic heterocycles. The van der Waals surface area contributed by atoms with Crippen LogP contribution >= 0.6 is 0 Å². The zero-order chi connectivity index (χ0) is 19.7. The minimum Gasteiger partial charge on any atom is -0.493 e. The highest BCUT2D eigenvalue weighted by Gasteiger charge is 2.42. The topological polar surface area (TPSA) is 58.6 Å². The van der Waals surface area contributed by atoms with Crippen molar-refractivity contribution in [2.45, 2.75) is 64.3 Å². The van der Waals surface area contributed by atoms with E-state index in [4.69, 9.17) is 4.74 Å². The first-order valence-corrected chi connectivity index (χ1v) is 9.99. The molecule has 0 unspecified atom stereocenters. The average Bonchev–Trinajstić information content (AvgIpc) is 2.67. The van der Waals surface area contributed by atoms with Gasteiger partial charge >= 0.3 is 0 Å². The average molecular weight is 378 g/mol. The summed E-state index contributed by atoms with van der Waals surface area (Å²) in [4.78, 5) is 27.3. The third-order valence-electron chi connectivity index (χ3n) is 5.16. The Hall–Kier alpha value is -2.11. The van der Waals surface area contributed by atoms with Gasteiger partial charge in [-0.25, -0.2) is 4.39 Å². The van der Waals surface area contributed by atoms with E-state index in [9.17, 15) is 14.0 Å². The van der Waals surface area contributed by atoms with E-state index in [2.05, 4.69) is 5.32 Å². The van der Waals surface area contributed by atoms with E-state index >= 15 is 0 Å². The summed E-state index contributed by atoms with van der Waals surface area (Å²) in [6.07, 6.45) is 5.21. The molecule has 1 fully saturated rings. The standard InChI is InChI=1S/C21H31FN2O3/c1-3-24(4-2)20(26)21(13-6-5-7-14-21)23-19(25)12-9-15-27-18-11-8-10-17(22)16-18/h8,10-11,16H,3-7,9,12-15H2,1-2H3,(H,23,25). The summed E-state index contributed by atoms with van der Waals surface area (Å²) in [5.74, 6) is 0.0204. The van der Waals surface area contributed by atoms with E-state index in [0.717, 1.165) is 19.3 Å². The van der Waals surface area contributed by atoms with E-state index in [1.165, 1.54) is 12.1 Å².